The molecule has 0 aromatic heterocycles. The number of carbonyl (C=O) groups excluding carboxylic acids is 2. The Morgan fingerprint density at radius 1 is 1.00 bits per heavy atom. The number of aryl methyl sites for hydroxylation is 2. The second-order valence-corrected chi connectivity index (χ2v) is 10.8. The van der Waals surface area contributed by atoms with Crippen molar-refractivity contribution in [2.24, 2.45) is 5.92 Å². The molecule has 1 N–H and O–H groups in total. The number of carboxylic acid groups (broad SMARTS) is 1. The van der Waals surface area contributed by atoms with Crippen molar-refractivity contribution in [3.63, 3.8) is 0 Å². The summed E-state index contributed by atoms with van der Waals surface area (Å²) in [6, 6.07) is 14.8. The Kier molecular flexibility index (Phi) is 14.5. The summed E-state index contributed by atoms with van der Waals surface area (Å²) < 4.78 is 27.6. The average Bonchev–Trinajstić information content (AvgIpc) is 2.79. The van der Waals surface area contributed by atoms with Gasteiger partial charge in [-0.1, -0.05) is 61.9 Å². The standard InChI is InChI=1S/C26H36N2O5S.K/c1-20(2)19-28(34(32,33)23-15-12-21(3)13-16-23)24(26(30)31)11-7-8-18-27-25(29)17-14-22-9-5-4-6-10-22;/h4-6,9-10,12-13,15-16,20,24H,7-8,11,14,17-19H2,1-3H3,(H,27,29)(H,30,31);/q;+1/p-1/t24-;/m0./s1. The SMILES string of the molecule is Cc1ccc(S(=O)(=O)N(CC(C)C)[C@@H](CCCCNC(=O)CCc2ccccc2)C(=O)[O-])cc1.[K+]. The summed E-state index contributed by atoms with van der Waals surface area (Å²) in [5.41, 5.74) is 2.01. The van der Waals surface area contributed by atoms with Crippen LogP contribution in [0.5, 0.6) is 0 Å². The van der Waals surface area contributed by atoms with Crippen molar-refractivity contribution < 1.29 is 74.5 Å². The number of hydrogen-bond acceptors (Lipinski definition) is 5. The summed E-state index contributed by atoms with van der Waals surface area (Å²) in [5, 5.41) is 14.8. The predicted molar refractivity (Wildman–Crippen MR) is 130 cm³/mol. The second kappa shape index (κ2) is 15.9. The fourth-order valence-corrected chi connectivity index (χ4v) is 5.43. The van der Waals surface area contributed by atoms with Crippen molar-refractivity contribution in [3.8, 4) is 0 Å². The molecule has 9 heteroatoms. The van der Waals surface area contributed by atoms with Crippen LogP contribution in [0.4, 0.5) is 0 Å². The third-order valence-corrected chi connectivity index (χ3v) is 7.39. The maximum atomic E-state index is 13.3. The molecule has 2 aromatic carbocycles. The molecular formula is C26H35KN2O5S. The van der Waals surface area contributed by atoms with Crippen molar-refractivity contribution >= 4 is 21.9 Å². The van der Waals surface area contributed by atoms with Crippen LogP contribution in [0.25, 0.3) is 0 Å². The minimum absolute atomic E-state index is 0. The number of benzene rings is 2. The van der Waals surface area contributed by atoms with Crippen molar-refractivity contribution in [3.05, 3.63) is 65.7 Å². The number of carbonyl (C=O) groups is 2. The molecular weight excluding hydrogens is 491 g/mol. The number of unbranched alkanes of at least 4 members (excludes halogenated alkanes) is 1. The van der Waals surface area contributed by atoms with Crippen LogP contribution in [0, 0.1) is 12.8 Å². The van der Waals surface area contributed by atoms with Gasteiger partial charge in [-0.25, -0.2) is 8.42 Å². The van der Waals surface area contributed by atoms with Gasteiger partial charge >= 0.3 is 51.4 Å². The minimum atomic E-state index is -4.00. The molecule has 7 nitrogen and oxygen atoms in total. The second-order valence-electron chi connectivity index (χ2n) is 8.95. The normalized spacial score (nSPS) is 12.3. The van der Waals surface area contributed by atoms with E-state index >= 15 is 0 Å². The van der Waals surface area contributed by atoms with Crippen molar-refractivity contribution in [2.45, 2.75) is 63.8 Å². The van der Waals surface area contributed by atoms with E-state index in [1.165, 1.54) is 12.1 Å². The van der Waals surface area contributed by atoms with E-state index in [-0.39, 0.29) is 81.1 Å². The van der Waals surface area contributed by atoms with Crippen molar-refractivity contribution in [1.29, 1.82) is 0 Å². The van der Waals surface area contributed by atoms with Crippen LogP contribution in [-0.4, -0.2) is 43.7 Å². The van der Waals surface area contributed by atoms with E-state index in [1.54, 1.807) is 12.1 Å². The molecule has 35 heavy (non-hydrogen) atoms. The third-order valence-electron chi connectivity index (χ3n) is 5.50. The zero-order valence-electron chi connectivity index (χ0n) is 21.2. The van der Waals surface area contributed by atoms with Gasteiger partial charge < -0.3 is 15.2 Å². The molecule has 0 aliphatic rings. The Morgan fingerprint density at radius 2 is 1.63 bits per heavy atom. The van der Waals surface area contributed by atoms with E-state index in [0.717, 1.165) is 15.4 Å². The van der Waals surface area contributed by atoms with E-state index in [0.29, 0.717) is 32.2 Å². The van der Waals surface area contributed by atoms with Gasteiger partial charge in [-0.3, -0.25) is 4.79 Å². The number of nitrogens with one attached hydrogen (secondary N) is 1. The van der Waals surface area contributed by atoms with Crippen LogP contribution in [0.15, 0.2) is 59.5 Å². The number of aliphatic carboxylic acids is 1. The summed E-state index contributed by atoms with van der Waals surface area (Å²) in [4.78, 5) is 24.1. The number of hydrogen-bond donors (Lipinski definition) is 1. The van der Waals surface area contributed by atoms with Gasteiger partial charge in [0, 0.05) is 19.5 Å². The van der Waals surface area contributed by atoms with Crippen LogP contribution in [-0.2, 0) is 26.0 Å². The molecule has 186 valence electrons. The third kappa shape index (κ3) is 10.8. The summed E-state index contributed by atoms with van der Waals surface area (Å²) >= 11 is 0. The Morgan fingerprint density at radius 3 is 2.20 bits per heavy atom. The number of amides is 1. The van der Waals surface area contributed by atoms with Crippen LogP contribution in [0.1, 0.15) is 50.7 Å². The molecule has 0 radical (unpaired) electrons. The summed E-state index contributed by atoms with van der Waals surface area (Å²) in [6.07, 6.45) is 2.12. The Bertz CT molecular complexity index is 1030. The van der Waals surface area contributed by atoms with E-state index < -0.39 is 22.0 Å². The van der Waals surface area contributed by atoms with E-state index in [1.807, 2.05) is 51.1 Å². The Balaban J connectivity index is 0.00000612. The first-order valence-corrected chi connectivity index (χ1v) is 13.1. The molecule has 0 aliphatic heterocycles. The summed E-state index contributed by atoms with van der Waals surface area (Å²) in [5.74, 6) is -1.54. The first kappa shape index (κ1) is 32.0. The molecule has 2 aromatic rings. The molecule has 1 amide bonds. The van der Waals surface area contributed by atoms with Gasteiger partial charge in [-0.15, -0.1) is 0 Å². The molecule has 0 spiro atoms. The fraction of sp³-hybridized carbons (Fsp3) is 0.462. The van der Waals surface area contributed by atoms with Gasteiger partial charge in [-0.2, -0.15) is 4.31 Å². The fourth-order valence-electron chi connectivity index (χ4n) is 3.66. The first-order chi connectivity index (χ1) is 16.1. The van der Waals surface area contributed by atoms with Gasteiger partial charge in [0.25, 0.3) is 0 Å². The van der Waals surface area contributed by atoms with E-state index in [4.69, 9.17) is 0 Å². The van der Waals surface area contributed by atoms with E-state index in [9.17, 15) is 23.1 Å². The molecule has 0 unspecified atom stereocenters. The Labute approximate surface area is 252 Å². The maximum Gasteiger partial charge on any atom is 1.00 e. The van der Waals surface area contributed by atoms with Crippen LogP contribution in [0.3, 0.4) is 0 Å². The average molecular weight is 527 g/mol. The van der Waals surface area contributed by atoms with Gasteiger partial charge in [0.1, 0.15) is 0 Å². The van der Waals surface area contributed by atoms with Gasteiger partial charge in [0.15, 0.2) is 0 Å². The monoisotopic (exact) mass is 526 g/mol. The van der Waals surface area contributed by atoms with Gasteiger partial charge in [-0.05, 0) is 56.2 Å². The number of sulfonamides is 1. The number of nitrogens with zero attached hydrogens (tertiary/aromatic N) is 1. The molecule has 1 atom stereocenters. The minimum Gasteiger partial charge on any atom is -0.548 e. The summed E-state index contributed by atoms with van der Waals surface area (Å²) in [7, 11) is -4.00. The molecule has 0 heterocycles. The van der Waals surface area contributed by atoms with Crippen molar-refractivity contribution in [1.82, 2.24) is 9.62 Å². The van der Waals surface area contributed by atoms with Crippen LogP contribution >= 0.6 is 0 Å². The van der Waals surface area contributed by atoms with Gasteiger partial charge in [0.2, 0.25) is 15.9 Å². The molecule has 0 fully saturated rings. The topological polar surface area (TPSA) is 107 Å². The molecule has 2 rings (SSSR count). The molecule has 0 bridgehead atoms. The van der Waals surface area contributed by atoms with Gasteiger partial charge in [0.05, 0.1) is 16.9 Å². The smallest absolute Gasteiger partial charge is 0.548 e. The van der Waals surface area contributed by atoms with Crippen molar-refractivity contribution in [2.75, 3.05) is 13.1 Å². The number of carboxylic acids is 1. The quantitative estimate of drug-likeness (QED) is 0.268. The van der Waals surface area contributed by atoms with Crippen LogP contribution in [0.2, 0.25) is 0 Å². The zero-order chi connectivity index (χ0) is 25.1. The maximum absolute atomic E-state index is 13.3. The largest absolute Gasteiger partial charge is 1.00 e. The van der Waals surface area contributed by atoms with E-state index in [2.05, 4.69) is 5.32 Å². The molecule has 0 saturated heterocycles. The predicted octanol–water partition coefficient (Wildman–Crippen LogP) is -0.316. The molecule has 0 saturated carbocycles. The van der Waals surface area contributed by atoms with Crippen LogP contribution < -0.4 is 61.8 Å². The molecule has 0 aliphatic carbocycles. The Hall–Kier alpha value is -1.07. The summed E-state index contributed by atoms with van der Waals surface area (Å²) in [6.45, 7) is 6.02. The number of rotatable bonds is 14. The zero-order valence-corrected chi connectivity index (χ0v) is 25.1. The first-order valence-electron chi connectivity index (χ1n) is 11.7.